The zero-order valence-electron chi connectivity index (χ0n) is 27.9. The van der Waals surface area contributed by atoms with E-state index in [1.165, 1.54) is 5.57 Å². The lowest BCUT2D eigenvalue weighted by Crippen LogP contribution is -2.62. The molecule has 4 saturated carbocycles. The summed E-state index contributed by atoms with van der Waals surface area (Å²) >= 11 is 2.64. The Balaban J connectivity index is 1.17. The smallest absolute Gasteiger partial charge is 0.309 e. The summed E-state index contributed by atoms with van der Waals surface area (Å²) in [6.45, 7) is 4.96. The molecule has 1 aromatic heterocycles. The molecule has 0 radical (unpaired) electrons. The first-order valence-corrected chi connectivity index (χ1v) is 19.5. The topological polar surface area (TPSA) is 134 Å². The molecule has 2 aromatic rings. The molecule has 11 heteroatoms. The van der Waals surface area contributed by atoms with Crippen molar-refractivity contribution in [2.24, 2.45) is 34.5 Å². The van der Waals surface area contributed by atoms with Crippen LogP contribution in [-0.2, 0) is 20.7 Å². The Kier molecular flexibility index (Phi) is 8.83. The second kappa shape index (κ2) is 12.7. The number of hydrogen-bond acceptors (Lipinski definition) is 9. The molecule has 2 N–H and O–H groups in total. The van der Waals surface area contributed by atoms with Crippen LogP contribution in [0.5, 0.6) is 0 Å². The monoisotopic (exact) mass is 688 g/mol. The van der Waals surface area contributed by atoms with Gasteiger partial charge in [-0.1, -0.05) is 37.2 Å². The van der Waals surface area contributed by atoms with Crippen molar-refractivity contribution in [2.75, 3.05) is 24.3 Å². The fourth-order valence-corrected chi connectivity index (χ4v) is 11.0. The standard InChI is InChI=1S/C37H44N4O5S2/c1-35-19-24-21-40-41(26-6-4-5-23(17-26)32(43)39-14-16-47-3)29(24)18-25(35)9-10-27-28-11-12-37(34(45)48-15-13-38,46-33(44)22-7-8-22)36(28,2)20-30(42)31(27)35/h4-6,17-18,21-22,27-28,30-31,42H,7-12,14-16,19-20H2,1-3H3,(H,39,43)/t27-,28-,30-,31+,35-,36-,37-/m0/s1. The zero-order valence-corrected chi connectivity index (χ0v) is 29.5. The molecule has 0 bridgehead atoms. The highest BCUT2D eigenvalue weighted by Crippen LogP contribution is 2.69. The first kappa shape index (κ1) is 33.4. The average Bonchev–Trinajstić information content (AvgIpc) is 3.79. The number of aliphatic hydroxyl groups excluding tert-OH is 1. The molecule has 0 unspecified atom stereocenters. The van der Waals surface area contributed by atoms with Crippen LogP contribution in [0.25, 0.3) is 11.8 Å². The van der Waals surface area contributed by atoms with Crippen molar-refractivity contribution in [3.05, 3.63) is 52.9 Å². The number of nitriles is 1. The molecule has 5 aliphatic rings. The molecule has 0 spiro atoms. The maximum atomic E-state index is 13.9. The van der Waals surface area contributed by atoms with Gasteiger partial charge in [-0.25, -0.2) is 4.68 Å². The number of allylic oxidation sites excluding steroid dienone is 1. The number of hydrogen-bond donors (Lipinski definition) is 2. The molecular formula is C37H44N4O5S2. The van der Waals surface area contributed by atoms with Gasteiger partial charge in [0.2, 0.25) is 5.12 Å². The van der Waals surface area contributed by atoms with Crippen LogP contribution in [0.2, 0.25) is 0 Å². The van der Waals surface area contributed by atoms with Gasteiger partial charge in [-0.05, 0) is 111 Å². The third kappa shape index (κ3) is 5.34. The highest BCUT2D eigenvalue weighted by molar-refractivity contribution is 8.14. The second-order valence-corrected chi connectivity index (χ2v) is 16.8. The van der Waals surface area contributed by atoms with Crippen LogP contribution in [0.4, 0.5) is 0 Å². The van der Waals surface area contributed by atoms with E-state index < -0.39 is 17.1 Å². The third-order valence-corrected chi connectivity index (χ3v) is 13.8. The van der Waals surface area contributed by atoms with Gasteiger partial charge in [0.25, 0.3) is 5.91 Å². The zero-order chi connectivity index (χ0) is 33.8. The van der Waals surface area contributed by atoms with Gasteiger partial charge in [0.05, 0.1) is 41.4 Å². The summed E-state index contributed by atoms with van der Waals surface area (Å²) in [5, 5.41) is 29.0. The summed E-state index contributed by atoms with van der Waals surface area (Å²) in [5.41, 5.74) is 2.52. The number of nitrogens with one attached hydrogen (secondary N) is 1. The van der Waals surface area contributed by atoms with Gasteiger partial charge in [-0.3, -0.25) is 14.4 Å². The lowest BCUT2D eigenvalue weighted by Gasteiger charge is -2.60. The average molecular weight is 689 g/mol. The van der Waals surface area contributed by atoms with Gasteiger partial charge >= 0.3 is 5.97 Å². The van der Waals surface area contributed by atoms with Gasteiger partial charge in [-0.2, -0.15) is 22.1 Å². The lowest BCUT2D eigenvalue weighted by molar-refractivity contribution is -0.197. The van der Waals surface area contributed by atoms with Crippen LogP contribution in [-0.4, -0.2) is 67.9 Å². The maximum Gasteiger partial charge on any atom is 0.309 e. The quantitative estimate of drug-likeness (QED) is 0.255. The summed E-state index contributed by atoms with van der Waals surface area (Å²) in [7, 11) is 0. The minimum atomic E-state index is -1.33. The summed E-state index contributed by atoms with van der Waals surface area (Å²) in [6, 6.07) is 9.63. The van der Waals surface area contributed by atoms with Crippen molar-refractivity contribution < 1.29 is 24.2 Å². The van der Waals surface area contributed by atoms with Crippen molar-refractivity contribution in [3.63, 3.8) is 0 Å². The normalized spacial score (nSPS) is 33.3. The third-order valence-electron chi connectivity index (χ3n) is 12.3. The van der Waals surface area contributed by atoms with E-state index in [0.717, 1.165) is 73.0 Å². The maximum absolute atomic E-state index is 13.9. The molecule has 48 heavy (non-hydrogen) atoms. The van der Waals surface area contributed by atoms with E-state index in [0.29, 0.717) is 24.9 Å². The predicted octanol–water partition coefficient (Wildman–Crippen LogP) is 5.59. The molecule has 1 amide bonds. The fraction of sp³-hybridized carbons (Fsp3) is 0.595. The van der Waals surface area contributed by atoms with Crippen molar-refractivity contribution in [1.29, 1.82) is 5.26 Å². The largest absolute Gasteiger partial charge is 0.449 e. The van der Waals surface area contributed by atoms with Crippen LogP contribution >= 0.6 is 23.5 Å². The number of thioether (sulfide) groups is 2. The van der Waals surface area contributed by atoms with Crippen LogP contribution in [0.3, 0.4) is 0 Å². The van der Waals surface area contributed by atoms with Crippen LogP contribution in [0, 0.1) is 45.8 Å². The Hall–Kier alpha value is -3.07. The molecule has 0 aliphatic heterocycles. The number of ether oxygens (including phenoxy) is 1. The summed E-state index contributed by atoms with van der Waals surface area (Å²) in [5.74, 6) is 0.562. The number of rotatable bonds is 9. The highest BCUT2D eigenvalue weighted by Gasteiger charge is 2.71. The number of carbonyl (C=O) groups is 3. The molecule has 4 fully saturated rings. The molecule has 1 aromatic carbocycles. The number of benzene rings is 1. The Morgan fingerprint density at radius 2 is 2.02 bits per heavy atom. The number of carbonyl (C=O) groups excluding carboxylic acids is 3. The van der Waals surface area contributed by atoms with Crippen LogP contribution in [0.15, 0.2) is 36.0 Å². The molecule has 254 valence electrons. The Morgan fingerprint density at radius 3 is 2.77 bits per heavy atom. The molecule has 7 atom stereocenters. The van der Waals surface area contributed by atoms with Gasteiger partial charge < -0.3 is 15.2 Å². The second-order valence-electron chi connectivity index (χ2n) is 14.8. The lowest BCUT2D eigenvalue weighted by atomic mass is 9.45. The van der Waals surface area contributed by atoms with E-state index >= 15 is 0 Å². The van der Waals surface area contributed by atoms with E-state index in [1.54, 1.807) is 11.8 Å². The first-order valence-electron chi connectivity index (χ1n) is 17.2. The van der Waals surface area contributed by atoms with Crippen LogP contribution < -0.4 is 5.32 Å². The van der Waals surface area contributed by atoms with E-state index in [1.807, 2.05) is 41.4 Å². The molecule has 1 heterocycles. The van der Waals surface area contributed by atoms with Gasteiger partial charge in [0, 0.05) is 23.3 Å². The van der Waals surface area contributed by atoms with Gasteiger partial charge in [0.1, 0.15) is 0 Å². The summed E-state index contributed by atoms with van der Waals surface area (Å²) in [6.07, 6.45) is 11.1. The SMILES string of the molecule is CSCCNC(=O)c1cccc(-n2ncc3c2C=C2CC[C@@H]4[C@H]([C@@H](O)C[C@@]5(C)[C@H]4CC[C@]5(OC(=O)C4CC4)C(=O)SCC#N)[C@@]2(C)C3)c1. The summed E-state index contributed by atoms with van der Waals surface area (Å²) in [4.78, 5) is 39.8. The Bertz CT molecular complexity index is 1710. The summed E-state index contributed by atoms with van der Waals surface area (Å²) < 4.78 is 8.20. The Morgan fingerprint density at radius 1 is 1.21 bits per heavy atom. The van der Waals surface area contributed by atoms with Gasteiger partial charge in [0.15, 0.2) is 5.60 Å². The molecule has 0 saturated heterocycles. The van der Waals surface area contributed by atoms with Crippen molar-refractivity contribution in [2.45, 2.75) is 76.9 Å². The predicted molar refractivity (Wildman–Crippen MR) is 186 cm³/mol. The minimum absolute atomic E-state index is 0.00877. The van der Waals surface area contributed by atoms with Crippen molar-refractivity contribution >= 4 is 46.6 Å². The van der Waals surface area contributed by atoms with E-state index in [-0.39, 0.29) is 51.8 Å². The van der Waals surface area contributed by atoms with E-state index in [4.69, 9.17) is 9.84 Å². The van der Waals surface area contributed by atoms with Crippen molar-refractivity contribution in [3.8, 4) is 11.8 Å². The van der Waals surface area contributed by atoms with E-state index in [2.05, 4.69) is 31.3 Å². The highest BCUT2D eigenvalue weighted by atomic mass is 32.2. The number of aromatic nitrogens is 2. The number of aliphatic hydroxyl groups is 1. The van der Waals surface area contributed by atoms with E-state index in [9.17, 15) is 24.8 Å². The molecular weight excluding hydrogens is 645 g/mol. The van der Waals surface area contributed by atoms with Crippen LogP contribution in [0.1, 0.15) is 80.4 Å². The Labute approximate surface area is 290 Å². The molecule has 5 aliphatic carbocycles. The number of nitrogens with zero attached hydrogens (tertiary/aromatic N) is 3. The van der Waals surface area contributed by atoms with Gasteiger partial charge in [-0.15, -0.1) is 0 Å². The number of esters is 1. The number of amides is 1. The minimum Gasteiger partial charge on any atom is -0.449 e. The van der Waals surface area contributed by atoms with Crippen molar-refractivity contribution in [1.82, 2.24) is 15.1 Å². The number of fused-ring (bicyclic) bond motifs is 6. The first-order chi connectivity index (χ1) is 23.1. The molecule has 7 rings (SSSR count). The molecule has 9 nitrogen and oxygen atoms in total. The fourth-order valence-electron chi connectivity index (χ4n) is 9.86.